The highest BCUT2D eigenvalue weighted by atomic mass is 32.2. The Morgan fingerprint density at radius 3 is 2.94 bits per heavy atom. The molecule has 4 heteroatoms. The van der Waals surface area contributed by atoms with Crippen molar-refractivity contribution in [3.63, 3.8) is 0 Å². The van der Waals surface area contributed by atoms with Gasteiger partial charge in [-0.1, -0.05) is 17.8 Å². The van der Waals surface area contributed by atoms with Crippen molar-refractivity contribution in [3.05, 3.63) is 23.8 Å². The maximum Gasteiger partial charge on any atom is 0.166 e. The predicted octanol–water partition coefficient (Wildman–Crippen LogP) is 2.53. The number of nitrogens with one attached hydrogen (secondary N) is 1. The summed E-state index contributed by atoms with van der Waals surface area (Å²) >= 11 is 1.77. The summed E-state index contributed by atoms with van der Waals surface area (Å²) in [5, 5.41) is 1.02. The lowest BCUT2D eigenvalue weighted by Crippen LogP contribution is -2.14. The quantitative estimate of drug-likeness (QED) is 0.826. The van der Waals surface area contributed by atoms with E-state index in [4.69, 9.17) is 0 Å². The number of thioether (sulfide) groups is 1. The van der Waals surface area contributed by atoms with E-state index in [1.165, 1.54) is 5.56 Å². The zero-order valence-corrected chi connectivity index (χ0v) is 10.8. The van der Waals surface area contributed by atoms with Crippen LogP contribution in [0, 0.1) is 6.92 Å². The van der Waals surface area contributed by atoms with Gasteiger partial charge >= 0.3 is 0 Å². The van der Waals surface area contributed by atoms with Crippen molar-refractivity contribution in [1.82, 2.24) is 14.9 Å². The fraction of sp³-hybridized carbons (Fsp3) is 0.417. The molecule has 0 spiro atoms. The Kier molecular flexibility index (Phi) is 3.51. The summed E-state index contributed by atoms with van der Waals surface area (Å²) < 4.78 is 0. The number of aryl methyl sites for hydroxylation is 1. The normalized spacial score (nSPS) is 11.5. The topological polar surface area (TPSA) is 31.9 Å². The van der Waals surface area contributed by atoms with Crippen molar-refractivity contribution in [2.75, 3.05) is 26.4 Å². The molecule has 0 aliphatic carbocycles. The van der Waals surface area contributed by atoms with Crippen LogP contribution in [-0.2, 0) is 0 Å². The predicted molar refractivity (Wildman–Crippen MR) is 70.1 cm³/mol. The summed E-state index contributed by atoms with van der Waals surface area (Å²) in [6.07, 6.45) is 0. The molecule has 0 saturated heterocycles. The third kappa shape index (κ3) is 2.77. The van der Waals surface area contributed by atoms with Crippen LogP contribution in [0.3, 0.4) is 0 Å². The zero-order chi connectivity index (χ0) is 11.5. The lowest BCUT2D eigenvalue weighted by atomic mass is 10.2. The van der Waals surface area contributed by atoms with Gasteiger partial charge in [-0.2, -0.15) is 0 Å². The highest BCUT2D eigenvalue weighted by Crippen LogP contribution is 2.19. The summed E-state index contributed by atoms with van der Waals surface area (Å²) in [5.74, 6) is 1.06. The number of hydrogen-bond donors (Lipinski definition) is 1. The van der Waals surface area contributed by atoms with Crippen molar-refractivity contribution < 1.29 is 0 Å². The first-order valence-electron chi connectivity index (χ1n) is 5.39. The maximum absolute atomic E-state index is 4.56. The maximum atomic E-state index is 4.56. The van der Waals surface area contributed by atoms with E-state index < -0.39 is 0 Å². The molecule has 0 unspecified atom stereocenters. The van der Waals surface area contributed by atoms with E-state index in [2.05, 4.69) is 54.1 Å². The fourth-order valence-electron chi connectivity index (χ4n) is 1.49. The van der Waals surface area contributed by atoms with Crippen molar-refractivity contribution in [1.29, 1.82) is 0 Å². The van der Waals surface area contributed by atoms with Gasteiger partial charge in [-0.05, 0) is 38.7 Å². The minimum absolute atomic E-state index is 1.02. The third-order valence-electron chi connectivity index (χ3n) is 2.39. The highest BCUT2D eigenvalue weighted by molar-refractivity contribution is 7.99. The van der Waals surface area contributed by atoms with Crippen LogP contribution in [-0.4, -0.2) is 41.3 Å². The monoisotopic (exact) mass is 235 g/mol. The second-order valence-electron chi connectivity index (χ2n) is 4.21. The van der Waals surface area contributed by atoms with E-state index in [1.54, 1.807) is 11.8 Å². The number of nitrogens with zero attached hydrogens (tertiary/aromatic N) is 2. The molecule has 0 aliphatic heterocycles. The first kappa shape index (κ1) is 11.5. The van der Waals surface area contributed by atoms with Crippen LogP contribution in [0.1, 0.15) is 5.56 Å². The van der Waals surface area contributed by atoms with E-state index in [0.717, 1.165) is 28.5 Å². The van der Waals surface area contributed by atoms with Crippen LogP contribution in [0.5, 0.6) is 0 Å². The average Bonchev–Trinajstić information content (AvgIpc) is 2.58. The van der Waals surface area contributed by atoms with Gasteiger partial charge in [-0.15, -0.1) is 0 Å². The first-order valence-corrected chi connectivity index (χ1v) is 6.37. The van der Waals surface area contributed by atoms with E-state index in [1.807, 2.05) is 0 Å². The van der Waals surface area contributed by atoms with Gasteiger partial charge in [0, 0.05) is 12.3 Å². The van der Waals surface area contributed by atoms with Gasteiger partial charge in [-0.3, -0.25) is 0 Å². The lowest BCUT2D eigenvalue weighted by Gasteiger charge is -2.06. The SMILES string of the molecule is Cc1ccc2[nH]c(SCCN(C)C)nc2c1. The Labute approximate surface area is 100 Å². The van der Waals surface area contributed by atoms with Crippen LogP contribution in [0.4, 0.5) is 0 Å². The molecule has 0 fully saturated rings. The van der Waals surface area contributed by atoms with Crippen LogP contribution < -0.4 is 0 Å². The molecule has 0 amide bonds. The molecular weight excluding hydrogens is 218 g/mol. The van der Waals surface area contributed by atoms with Gasteiger partial charge in [0.1, 0.15) is 0 Å². The minimum atomic E-state index is 1.02. The smallest absolute Gasteiger partial charge is 0.166 e. The second kappa shape index (κ2) is 4.89. The number of rotatable bonds is 4. The standard InChI is InChI=1S/C12H17N3S/c1-9-4-5-10-11(8-9)14-12(13-10)16-7-6-15(2)3/h4-5,8H,6-7H2,1-3H3,(H,13,14). The Hall–Kier alpha value is -1.00. The van der Waals surface area contributed by atoms with Crippen molar-refractivity contribution in [2.45, 2.75) is 12.1 Å². The van der Waals surface area contributed by atoms with Crippen molar-refractivity contribution in [2.24, 2.45) is 0 Å². The Morgan fingerprint density at radius 1 is 1.38 bits per heavy atom. The number of H-pyrrole nitrogens is 1. The molecule has 2 aromatic rings. The number of hydrogen-bond acceptors (Lipinski definition) is 3. The molecule has 1 aromatic carbocycles. The van der Waals surface area contributed by atoms with Gasteiger partial charge in [0.2, 0.25) is 0 Å². The van der Waals surface area contributed by atoms with Crippen molar-refractivity contribution in [3.8, 4) is 0 Å². The lowest BCUT2D eigenvalue weighted by molar-refractivity contribution is 0.437. The Morgan fingerprint density at radius 2 is 2.19 bits per heavy atom. The van der Waals surface area contributed by atoms with Crippen LogP contribution in [0.25, 0.3) is 11.0 Å². The summed E-state index contributed by atoms with van der Waals surface area (Å²) in [5.41, 5.74) is 3.44. The van der Waals surface area contributed by atoms with E-state index in [-0.39, 0.29) is 0 Å². The van der Waals surface area contributed by atoms with E-state index in [0.29, 0.717) is 0 Å². The van der Waals surface area contributed by atoms with Gasteiger partial charge in [-0.25, -0.2) is 4.98 Å². The molecule has 86 valence electrons. The second-order valence-corrected chi connectivity index (χ2v) is 5.30. The van der Waals surface area contributed by atoms with Crippen molar-refractivity contribution >= 4 is 22.8 Å². The largest absolute Gasteiger partial charge is 0.333 e. The Bertz CT molecular complexity index is 476. The number of aromatic nitrogens is 2. The molecule has 2 rings (SSSR count). The Balaban J connectivity index is 2.08. The molecule has 3 nitrogen and oxygen atoms in total. The number of imidazole rings is 1. The average molecular weight is 235 g/mol. The molecule has 0 saturated carbocycles. The molecule has 1 aromatic heterocycles. The number of fused-ring (bicyclic) bond motifs is 1. The molecule has 0 atom stereocenters. The van der Waals surface area contributed by atoms with E-state index >= 15 is 0 Å². The minimum Gasteiger partial charge on any atom is -0.333 e. The summed E-state index contributed by atoms with van der Waals surface area (Å²) in [7, 11) is 4.17. The van der Waals surface area contributed by atoms with Gasteiger partial charge < -0.3 is 9.88 Å². The third-order valence-corrected chi connectivity index (χ3v) is 3.25. The van der Waals surface area contributed by atoms with Gasteiger partial charge in [0.15, 0.2) is 5.16 Å². The summed E-state index contributed by atoms with van der Waals surface area (Å²) in [6.45, 7) is 3.16. The molecule has 0 aliphatic rings. The molecular formula is C12H17N3S. The molecule has 16 heavy (non-hydrogen) atoms. The summed E-state index contributed by atoms with van der Waals surface area (Å²) in [4.78, 5) is 10.1. The molecule has 1 N–H and O–H groups in total. The first-order chi connectivity index (χ1) is 7.65. The number of aromatic amines is 1. The van der Waals surface area contributed by atoms with E-state index in [9.17, 15) is 0 Å². The zero-order valence-electron chi connectivity index (χ0n) is 9.95. The van der Waals surface area contributed by atoms with Crippen LogP contribution in [0.15, 0.2) is 23.4 Å². The van der Waals surface area contributed by atoms with Crippen LogP contribution >= 0.6 is 11.8 Å². The van der Waals surface area contributed by atoms with Gasteiger partial charge in [0.05, 0.1) is 11.0 Å². The molecule has 1 heterocycles. The summed E-state index contributed by atoms with van der Waals surface area (Å²) in [6, 6.07) is 6.31. The molecule has 0 bridgehead atoms. The molecule has 0 radical (unpaired) electrons. The highest BCUT2D eigenvalue weighted by Gasteiger charge is 2.03. The number of benzene rings is 1. The fourth-order valence-corrected chi connectivity index (χ4v) is 2.48. The van der Waals surface area contributed by atoms with Gasteiger partial charge in [0.25, 0.3) is 0 Å². The van der Waals surface area contributed by atoms with Crippen LogP contribution in [0.2, 0.25) is 0 Å².